The minimum Gasteiger partial charge on any atom is -0.462 e. The second kappa shape index (κ2) is 71.6. The normalized spacial score (nSPS) is 14.4. The summed E-state index contributed by atoms with van der Waals surface area (Å²) in [5.41, 5.74) is 0. The van der Waals surface area contributed by atoms with Gasteiger partial charge < -0.3 is 33.8 Å². The number of aliphatic hydroxyl groups is 1. The number of hydrogen-bond acceptors (Lipinski definition) is 15. The van der Waals surface area contributed by atoms with Crippen molar-refractivity contribution >= 4 is 39.5 Å². The lowest BCUT2D eigenvalue weighted by atomic mass is 10.0. The molecule has 19 heteroatoms. The van der Waals surface area contributed by atoms with Crippen LogP contribution in [0.5, 0.6) is 0 Å². The Hall–Kier alpha value is -3.76. The Labute approximate surface area is 595 Å². The molecule has 5 atom stereocenters. The number of rotatable bonds is 73. The van der Waals surface area contributed by atoms with Gasteiger partial charge in [0.15, 0.2) is 12.2 Å². The molecule has 0 bridgehead atoms. The number of phosphoric acid groups is 2. The Bertz CT molecular complexity index is 2190. The third-order valence-corrected chi connectivity index (χ3v) is 18.2. The number of ether oxygens (including phenoxy) is 4. The van der Waals surface area contributed by atoms with Gasteiger partial charge in [0.25, 0.3) is 0 Å². The Morgan fingerprint density at radius 1 is 0.296 bits per heavy atom. The highest BCUT2D eigenvalue weighted by atomic mass is 31.2. The highest BCUT2D eigenvalue weighted by molar-refractivity contribution is 7.47. The van der Waals surface area contributed by atoms with Gasteiger partial charge in [0.1, 0.15) is 19.3 Å². The predicted octanol–water partition coefficient (Wildman–Crippen LogP) is 22.2. The highest BCUT2D eigenvalue weighted by Crippen LogP contribution is 2.45. The number of phosphoric ester groups is 2. The van der Waals surface area contributed by atoms with Gasteiger partial charge in [-0.3, -0.25) is 37.3 Å². The third kappa shape index (κ3) is 70.7. The van der Waals surface area contributed by atoms with Crippen molar-refractivity contribution in [3.05, 3.63) is 85.1 Å². The second-order valence-corrected chi connectivity index (χ2v) is 28.8. The summed E-state index contributed by atoms with van der Waals surface area (Å²) in [7, 11) is -9.95. The van der Waals surface area contributed by atoms with Crippen LogP contribution in [0, 0.1) is 0 Å². The summed E-state index contributed by atoms with van der Waals surface area (Å²) in [4.78, 5) is 72.8. The van der Waals surface area contributed by atoms with Crippen LogP contribution in [0.4, 0.5) is 0 Å². The van der Waals surface area contributed by atoms with Crippen LogP contribution in [0.1, 0.15) is 336 Å². The largest absolute Gasteiger partial charge is 0.472 e. The van der Waals surface area contributed by atoms with Crippen molar-refractivity contribution in [2.75, 3.05) is 39.6 Å². The molecular weight excluding hydrogens is 1280 g/mol. The Morgan fingerprint density at radius 2 is 0.561 bits per heavy atom. The van der Waals surface area contributed by atoms with E-state index in [1.165, 1.54) is 77.0 Å². The fourth-order valence-electron chi connectivity index (χ4n) is 10.4. The van der Waals surface area contributed by atoms with E-state index < -0.39 is 97.5 Å². The van der Waals surface area contributed by atoms with Crippen LogP contribution < -0.4 is 0 Å². The van der Waals surface area contributed by atoms with Crippen molar-refractivity contribution < 1.29 is 80.2 Å². The Balaban J connectivity index is 5.31. The van der Waals surface area contributed by atoms with Crippen LogP contribution in [0.25, 0.3) is 0 Å². The van der Waals surface area contributed by atoms with Gasteiger partial charge in [-0.2, -0.15) is 0 Å². The Kier molecular flexibility index (Phi) is 68.9. The molecule has 0 rings (SSSR count). The molecule has 0 aromatic heterocycles. The highest BCUT2D eigenvalue weighted by Gasteiger charge is 2.30. The molecule has 0 aliphatic carbocycles. The molecule has 17 nitrogen and oxygen atoms in total. The lowest BCUT2D eigenvalue weighted by molar-refractivity contribution is -0.161. The van der Waals surface area contributed by atoms with Crippen molar-refractivity contribution in [3.63, 3.8) is 0 Å². The number of hydrogen-bond donors (Lipinski definition) is 3. The molecule has 5 unspecified atom stereocenters. The molecule has 0 heterocycles. The predicted molar refractivity (Wildman–Crippen MR) is 399 cm³/mol. The average Bonchev–Trinajstić information content (AvgIpc) is 0.992. The lowest BCUT2D eigenvalue weighted by Crippen LogP contribution is -2.30. The van der Waals surface area contributed by atoms with Crippen LogP contribution in [-0.2, 0) is 65.4 Å². The second-order valence-electron chi connectivity index (χ2n) is 25.9. The molecular formula is C79H140O17P2. The Morgan fingerprint density at radius 3 is 0.898 bits per heavy atom. The third-order valence-electron chi connectivity index (χ3n) is 16.3. The zero-order valence-corrected chi connectivity index (χ0v) is 63.7. The van der Waals surface area contributed by atoms with Crippen molar-refractivity contribution in [1.82, 2.24) is 0 Å². The van der Waals surface area contributed by atoms with Crippen LogP contribution in [0.15, 0.2) is 85.1 Å². The quantitative estimate of drug-likeness (QED) is 0.0169. The smallest absolute Gasteiger partial charge is 0.462 e. The van der Waals surface area contributed by atoms with Gasteiger partial charge in [0.05, 0.1) is 26.4 Å². The maximum absolute atomic E-state index is 13.1. The molecule has 0 aliphatic rings. The number of carbonyl (C=O) groups is 4. The van der Waals surface area contributed by atoms with Crippen molar-refractivity contribution in [1.29, 1.82) is 0 Å². The van der Waals surface area contributed by atoms with Crippen LogP contribution in [-0.4, -0.2) is 96.7 Å². The monoisotopic (exact) mass is 1420 g/mol. The van der Waals surface area contributed by atoms with E-state index >= 15 is 0 Å². The maximum Gasteiger partial charge on any atom is 0.472 e. The molecule has 0 aliphatic heterocycles. The van der Waals surface area contributed by atoms with E-state index in [1.807, 2.05) is 0 Å². The molecule has 0 radical (unpaired) electrons. The van der Waals surface area contributed by atoms with Gasteiger partial charge >= 0.3 is 39.5 Å². The minimum atomic E-state index is -4.97. The van der Waals surface area contributed by atoms with E-state index in [2.05, 4.69) is 113 Å². The van der Waals surface area contributed by atoms with E-state index in [0.717, 1.165) is 180 Å². The van der Waals surface area contributed by atoms with Gasteiger partial charge in [0.2, 0.25) is 0 Å². The fraction of sp³-hybridized carbons (Fsp3) is 0.772. The van der Waals surface area contributed by atoms with Crippen LogP contribution in [0.2, 0.25) is 0 Å². The summed E-state index contributed by atoms with van der Waals surface area (Å²) in [5.74, 6) is -2.19. The first kappa shape index (κ1) is 94.2. The van der Waals surface area contributed by atoms with Gasteiger partial charge in [0, 0.05) is 25.7 Å². The van der Waals surface area contributed by atoms with Crippen LogP contribution >= 0.6 is 15.6 Å². The van der Waals surface area contributed by atoms with Crippen LogP contribution in [0.3, 0.4) is 0 Å². The van der Waals surface area contributed by atoms with Gasteiger partial charge in [-0.05, 0) is 109 Å². The van der Waals surface area contributed by atoms with Crippen molar-refractivity contribution in [2.24, 2.45) is 0 Å². The first-order valence-electron chi connectivity index (χ1n) is 38.8. The van der Waals surface area contributed by atoms with E-state index in [0.29, 0.717) is 25.7 Å². The summed E-state index contributed by atoms with van der Waals surface area (Å²) >= 11 is 0. The lowest BCUT2D eigenvalue weighted by Gasteiger charge is -2.21. The summed E-state index contributed by atoms with van der Waals surface area (Å²) in [6.45, 7) is 4.66. The fourth-order valence-corrected chi connectivity index (χ4v) is 12.0. The summed E-state index contributed by atoms with van der Waals surface area (Å²) in [6.07, 6.45) is 72.9. The number of allylic oxidation sites excluding steroid dienone is 14. The van der Waals surface area contributed by atoms with E-state index in [1.54, 1.807) is 0 Å². The number of unbranched alkanes of at least 4 members (excludes halogenated alkanes) is 33. The molecule has 98 heavy (non-hydrogen) atoms. The minimum absolute atomic E-state index is 0.0831. The average molecular weight is 1420 g/mol. The number of carbonyl (C=O) groups excluding carboxylic acids is 4. The molecule has 0 saturated carbocycles. The SMILES string of the molecule is CC/C=C\C/C=C\C/C=C\C/C=C\CCCCCCCCC(=O)OCC(COP(=O)(O)OCC(O)COP(=O)(O)OCC(COC(=O)CCCCCCC/C=C\C/C=C\CCC)OC(=O)CCCCCCC/C=C\CCCC)OC(=O)CCCCCCCCCCCCCCCCC. The standard InChI is InChI=1S/C79H140O17P2/c1-5-9-13-17-21-25-29-32-34-35-36-37-39-41-45-48-52-56-60-64-77(82)90-70-75(96-79(84)66-62-58-54-50-46-42-38-33-30-26-22-18-14-10-6-2)72-94-98(87,88)92-68-73(80)67-91-97(85,86)93-71-74(95-78(83)65-61-57-53-49-43-28-24-20-16-12-8-4)69-89-76(81)63-59-55-51-47-44-40-31-27-23-19-15-11-7-3/h9,13,15,19-21,24-25,27,31-32,34,36-37,73-75,80H,5-8,10-12,14,16-18,22-23,26,28-30,33,35,38-72H2,1-4H3,(H,85,86)(H,87,88)/b13-9-,19-15-,24-20-,25-21-,31-27-,34-32-,37-36-. The summed E-state index contributed by atoms with van der Waals surface area (Å²) in [5, 5.41) is 10.6. The first-order valence-corrected chi connectivity index (χ1v) is 41.8. The maximum atomic E-state index is 13.1. The topological polar surface area (TPSA) is 237 Å². The van der Waals surface area contributed by atoms with E-state index in [9.17, 15) is 43.2 Å². The molecule has 3 N–H and O–H groups in total. The van der Waals surface area contributed by atoms with Gasteiger partial charge in [-0.15, -0.1) is 0 Å². The van der Waals surface area contributed by atoms with E-state index in [4.69, 9.17) is 37.0 Å². The number of esters is 4. The molecule has 0 fully saturated rings. The zero-order valence-electron chi connectivity index (χ0n) is 62.0. The summed E-state index contributed by atoms with van der Waals surface area (Å²) in [6, 6.07) is 0. The summed E-state index contributed by atoms with van der Waals surface area (Å²) < 4.78 is 68.5. The molecule has 0 amide bonds. The van der Waals surface area contributed by atoms with E-state index in [-0.39, 0.29) is 25.7 Å². The van der Waals surface area contributed by atoms with Gasteiger partial charge in [-0.25, -0.2) is 9.13 Å². The molecule has 0 aromatic carbocycles. The van der Waals surface area contributed by atoms with Crippen molar-refractivity contribution in [3.8, 4) is 0 Å². The molecule has 0 aromatic rings. The first-order chi connectivity index (χ1) is 47.7. The number of aliphatic hydroxyl groups excluding tert-OH is 1. The molecule has 0 saturated heterocycles. The molecule has 568 valence electrons. The van der Waals surface area contributed by atoms with Crippen molar-refractivity contribution in [2.45, 2.75) is 354 Å². The zero-order chi connectivity index (χ0) is 71.8. The molecule has 0 spiro atoms. The van der Waals surface area contributed by atoms with Gasteiger partial charge in [-0.1, -0.05) is 286 Å².